The van der Waals surface area contributed by atoms with Crippen LogP contribution in [0.25, 0.3) is 16.6 Å². The Bertz CT molecular complexity index is 875. The molecule has 140 valence electrons. The summed E-state index contributed by atoms with van der Waals surface area (Å²) in [6.07, 6.45) is 7.46. The molecular formula is C17H23ClN6O2. The Labute approximate surface area is 157 Å². The number of ether oxygens (including phenoxy) is 1. The molecule has 0 aliphatic heterocycles. The van der Waals surface area contributed by atoms with Gasteiger partial charge >= 0.3 is 5.97 Å². The van der Waals surface area contributed by atoms with E-state index in [2.05, 4.69) is 10.2 Å². The maximum absolute atomic E-state index is 11.9. The van der Waals surface area contributed by atoms with Crippen LogP contribution in [0.1, 0.15) is 6.92 Å². The van der Waals surface area contributed by atoms with E-state index in [4.69, 9.17) is 10.5 Å². The van der Waals surface area contributed by atoms with Crippen molar-refractivity contribution in [3.8, 4) is 11.1 Å². The number of aryl methyl sites for hydroxylation is 1. The lowest BCUT2D eigenvalue weighted by Crippen LogP contribution is -2.35. The first-order valence-electron chi connectivity index (χ1n) is 8.19. The van der Waals surface area contributed by atoms with Crippen molar-refractivity contribution in [3.05, 3.63) is 36.9 Å². The van der Waals surface area contributed by atoms with Gasteiger partial charge in [0.25, 0.3) is 0 Å². The molecule has 3 aromatic rings. The average molecular weight is 379 g/mol. The van der Waals surface area contributed by atoms with Gasteiger partial charge in [-0.3, -0.25) is 9.48 Å². The zero-order chi connectivity index (χ0) is 17.8. The van der Waals surface area contributed by atoms with Crippen molar-refractivity contribution < 1.29 is 9.53 Å². The van der Waals surface area contributed by atoms with E-state index in [0.717, 1.165) is 22.3 Å². The summed E-state index contributed by atoms with van der Waals surface area (Å²) in [5, 5.41) is 8.62. The van der Waals surface area contributed by atoms with E-state index < -0.39 is 0 Å². The highest BCUT2D eigenvalue weighted by atomic mass is 35.5. The molecule has 0 saturated heterocycles. The summed E-state index contributed by atoms with van der Waals surface area (Å²) in [7, 11) is 1.88. The number of nitrogens with zero attached hydrogens (tertiary/aromatic N) is 5. The van der Waals surface area contributed by atoms with E-state index in [1.54, 1.807) is 22.3 Å². The van der Waals surface area contributed by atoms with Crippen LogP contribution in [0.2, 0.25) is 0 Å². The largest absolute Gasteiger partial charge is 0.465 e. The third-order valence-corrected chi connectivity index (χ3v) is 3.90. The highest BCUT2D eigenvalue weighted by molar-refractivity contribution is 5.85. The third-order valence-electron chi connectivity index (χ3n) is 3.90. The van der Waals surface area contributed by atoms with E-state index in [9.17, 15) is 4.79 Å². The molecule has 0 fully saturated rings. The molecule has 0 radical (unpaired) electrons. The molecule has 3 rings (SSSR count). The van der Waals surface area contributed by atoms with Gasteiger partial charge in [-0.1, -0.05) is 6.07 Å². The van der Waals surface area contributed by atoms with Crippen LogP contribution in [0.3, 0.4) is 0 Å². The molecule has 0 bridgehead atoms. The molecule has 3 aromatic heterocycles. The van der Waals surface area contributed by atoms with Gasteiger partial charge in [0.1, 0.15) is 6.54 Å². The number of anilines is 1. The number of rotatable bonds is 7. The number of carbonyl (C=O) groups is 1. The van der Waals surface area contributed by atoms with Gasteiger partial charge in [-0.15, -0.1) is 12.4 Å². The van der Waals surface area contributed by atoms with Crippen LogP contribution in [-0.4, -0.2) is 51.6 Å². The van der Waals surface area contributed by atoms with Crippen LogP contribution in [0.15, 0.2) is 36.9 Å². The van der Waals surface area contributed by atoms with Crippen LogP contribution in [0.5, 0.6) is 0 Å². The van der Waals surface area contributed by atoms with E-state index >= 15 is 0 Å². The van der Waals surface area contributed by atoms with E-state index in [0.29, 0.717) is 19.7 Å². The molecule has 3 heterocycles. The zero-order valence-electron chi connectivity index (χ0n) is 14.8. The second-order valence-electron chi connectivity index (χ2n) is 5.70. The summed E-state index contributed by atoms with van der Waals surface area (Å²) in [5.74, 6) is -0.276. The highest BCUT2D eigenvalue weighted by Gasteiger charge is 2.16. The van der Waals surface area contributed by atoms with Gasteiger partial charge < -0.3 is 15.4 Å². The average Bonchev–Trinajstić information content (AvgIpc) is 3.20. The maximum atomic E-state index is 11.9. The number of carbonyl (C=O) groups excluding carboxylic acids is 1. The Balaban J connectivity index is 0.00000243. The fourth-order valence-electron chi connectivity index (χ4n) is 2.76. The molecule has 0 saturated carbocycles. The van der Waals surface area contributed by atoms with Crippen molar-refractivity contribution in [2.24, 2.45) is 12.8 Å². The Kier molecular flexibility index (Phi) is 6.59. The lowest BCUT2D eigenvalue weighted by molar-refractivity contribution is -0.141. The van der Waals surface area contributed by atoms with Crippen molar-refractivity contribution in [1.82, 2.24) is 19.4 Å². The summed E-state index contributed by atoms with van der Waals surface area (Å²) in [6.45, 7) is 3.28. The SMILES string of the molecule is CCOC(=O)CN(CCN)c1cnn2cc(-c3cnn(C)c3)ccc12.Cl. The molecule has 0 aromatic carbocycles. The monoisotopic (exact) mass is 378 g/mol. The first kappa shape index (κ1) is 19.7. The number of hydrogen-bond acceptors (Lipinski definition) is 6. The number of aromatic nitrogens is 4. The van der Waals surface area contributed by atoms with Gasteiger partial charge in [-0.2, -0.15) is 10.2 Å². The molecule has 0 unspecified atom stereocenters. The van der Waals surface area contributed by atoms with Crippen LogP contribution in [0, 0.1) is 0 Å². The standard InChI is InChI=1S/C17H22N6O2.ClH/c1-3-25-17(24)12-22(7-6-18)16-9-20-23-11-13(4-5-15(16)23)14-8-19-21(2)10-14;/h4-5,8-11H,3,6-7,12,18H2,1-2H3;1H. The molecule has 0 atom stereocenters. The van der Waals surface area contributed by atoms with Gasteiger partial charge in [0, 0.05) is 43.7 Å². The van der Waals surface area contributed by atoms with Crippen molar-refractivity contribution in [2.45, 2.75) is 6.92 Å². The number of fused-ring (bicyclic) bond motifs is 1. The summed E-state index contributed by atoms with van der Waals surface area (Å²) >= 11 is 0. The van der Waals surface area contributed by atoms with E-state index in [-0.39, 0.29) is 24.9 Å². The van der Waals surface area contributed by atoms with Gasteiger partial charge in [0.2, 0.25) is 0 Å². The Morgan fingerprint density at radius 1 is 1.23 bits per heavy atom. The predicted molar refractivity (Wildman–Crippen MR) is 103 cm³/mol. The Hall–Kier alpha value is -2.58. The van der Waals surface area contributed by atoms with Crippen LogP contribution in [-0.2, 0) is 16.6 Å². The van der Waals surface area contributed by atoms with Gasteiger partial charge in [-0.05, 0) is 13.0 Å². The zero-order valence-corrected chi connectivity index (χ0v) is 15.6. The Morgan fingerprint density at radius 3 is 2.69 bits per heavy atom. The molecule has 0 spiro atoms. The topological polar surface area (TPSA) is 90.7 Å². The maximum Gasteiger partial charge on any atom is 0.325 e. The molecular weight excluding hydrogens is 356 g/mol. The van der Waals surface area contributed by atoms with Crippen molar-refractivity contribution in [1.29, 1.82) is 0 Å². The molecule has 8 nitrogen and oxygen atoms in total. The van der Waals surface area contributed by atoms with Crippen LogP contribution >= 0.6 is 12.4 Å². The lowest BCUT2D eigenvalue weighted by Gasteiger charge is -2.21. The van der Waals surface area contributed by atoms with Gasteiger partial charge in [0.15, 0.2) is 0 Å². The van der Waals surface area contributed by atoms with E-state index in [1.165, 1.54) is 0 Å². The number of nitrogens with two attached hydrogens (primary N) is 1. The molecule has 2 N–H and O–H groups in total. The molecule has 0 aliphatic carbocycles. The number of pyridine rings is 1. The fraction of sp³-hybridized carbons (Fsp3) is 0.353. The molecule has 0 amide bonds. The summed E-state index contributed by atoms with van der Waals surface area (Å²) in [5.41, 5.74) is 9.51. The first-order chi connectivity index (χ1) is 12.1. The highest BCUT2D eigenvalue weighted by Crippen LogP contribution is 2.25. The first-order valence-corrected chi connectivity index (χ1v) is 8.19. The number of hydrogen-bond donors (Lipinski definition) is 1. The minimum atomic E-state index is -0.276. The van der Waals surface area contributed by atoms with Gasteiger partial charge in [-0.25, -0.2) is 4.52 Å². The smallest absolute Gasteiger partial charge is 0.325 e. The van der Waals surface area contributed by atoms with Crippen molar-refractivity contribution in [3.63, 3.8) is 0 Å². The second kappa shape index (κ2) is 8.68. The van der Waals surface area contributed by atoms with Gasteiger partial charge in [0.05, 0.1) is 30.2 Å². The van der Waals surface area contributed by atoms with Crippen LogP contribution < -0.4 is 10.6 Å². The normalized spacial score (nSPS) is 10.6. The molecule has 0 aliphatic rings. The second-order valence-corrected chi connectivity index (χ2v) is 5.70. The summed E-state index contributed by atoms with van der Waals surface area (Å²) < 4.78 is 8.61. The summed E-state index contributed by atoms with van der Waals surface area (Å²) in [6, 6.07) is 4.00. The van der Waals surface area contributed by atoms with Crippen LogP contribution in [0.4, 0.5) is 5.69 Å². The Morgan fingerprint density at radius 2 is 2.04 bits per heavy atom. The minimum absolute atomic E-state index is 0. The molecule has 9 heteroatoms. The molecule has 26 heavy (non-hydrogen) atoms. The number of halogens is 1. The fourth-order valence-corrected chi connectivity index (χ4v) is 2.76. The van der Waals surface area contributed by atoms with Crippen molar-refractivity contribution >= 4 is 29.6 Å². The van der Waals surface area contributed by atoms with E-state index in [1.807, 2.05) is 42.7 Å². The lowest BCUT2D eigenvalue weighted by atomic mass is 10.1. The quantitative estimate of drug-likeness (QED) is 0.626. The third kappa shape index (κ3) is 4.14. The minimum Gasteiger partial charge on any atom is -0.465 e. The predicted octanol–water partition coefficient (Wildman–Crippen LogP) is 1.48. The van der Waals surface area contributed by atoms with Crippen molar-refractivity contribution in [2.75, 3.05) is 31.1 Å². The number of esters is 1. The summed E-state index contributed by atoms with van der Waals surface area (Å²) in [4.78, 5) is 13.8.